The Labute approximate surface area is 149 Å². The van der Waals surface area contributed by atoms with E-state index in [1.54, 1.807) is 0 Å². The molecule has 142 valence electrons. The lowest BCUT2D eigenvalue weighted by molar-refractivity contribution is -0.138. The Balaban J connectivity index is 1.53. The maximum Gasteiger partial charge on any atom is 0.315 e. The SMILES string of the molecule is O=C(O)CC1CCN(C(=O)CCCNC(=O)NC2CCCCC2)CC1. The second kappa shape index (κ2) is 10.3. The van der Waals surface area contributed by atoms with Gasteiger partial charge in [0, 0.05) is 38.5 Å². The highest BCUT2D eigenvalue weighted by Gasteiger charge is 2.24. The van der Waals surface area contributed by atoms with Gasteiger partial charge in [0.05, 0.1) is 0 Å². The molecule has 25 heavy (non-hydrogen) atoms. The summed E-state index contributed by atoms with van der Waals surface area (Å²) < 4.78 is 0. The molecule has 7 nitrogen and oxygen atoms in total. The Bertz CT molecular complexity index is 455. The molecule has 0 bridgehead atoms. The van der Waals surface area contributed by atoms with Crippen LogP contribution in [0.5, 0.6) is 0 Å². The lowest BCUT2D eigenvalue weighted by Gasteiger charge is -2.31. The largest absolute Gasteiger partial charge is 0.481 e. The fraction of sp³-hybridized carbons (Fsp3) is 0.833. The first-order valence-corrected chi connectivity index (χ1v) is 9.58. The van der Waals surface area contributed by atoms with Gasteiger partial charge in [-0.2, -0.15) is 0 Å². The zero-order valence-electron chi connectivity index (χ0n) is 15.0. The van der Waals surface area contributed by atoms with Gasteiger partial charge in [0.25, 0.3) is 0 Å². The van der Waals surface area contributed by atoms with E-state index in [0.717, 1.165) is 25.7 Å². The molecule has 7 heteroatoms. The third-order valence-electron chi connectivity index (χ3n) is 5.22. The zero-order valence-corrected chi connectivity index (χ0v) is 15.0. The van der Waals surface area contributed by atoms with E-state index >= 15 is 0 Å². The van der Waals surface area contributed by atoms with Gasteiger partial charge >= 0.3 is 12.0 Å². The molecule has 3 amide bonds. The van der Waals surface area contributed by atoms with Crippen molar-refractivity contribution in [2.24, 2.45) is 5.92 Å². The lowest BCUT2D eigenvalue weighted by atomic mass is 9.93. The number of amides is 3. The van der Waals surface area contributed by atoms with E-state index in [1.807, 2.05) is 4.90 Å². The fourth-order valence-electron chi connectivity index (χ4n) is 3.72. The number of aliphatic carboxylic acids is 1. The number of carboxylic acids is 1. The van der Waals surface area contributed by atoms with Crippen LogP contribution in [0, 0.1) is 5.92 Å². The van der Waals surface area contributed by atoms with Crippen molar-refractivity contribution in [1.29, 1.82) is 0 Å². The molecule has 1 aliphatic heterocycles. The van der Waals surface area contributed by atoms with Crippen molar-refractivity contribution in [3.05, 3.63) is 0 Å². The van der Waals surface area contributed by atoms with E-state index in [1.165, 1.54) is 19.3 Å². The van der Waals surface area contributed by atoms with Crippen LogP contribution in [0.15, 0.2) is 0 Å². The first kappa shape index (κ1) is 19.5. The van der Waals surface area contributed by atoms with E-state index in [0.29, 0.717) is 38.5 Å². The molecule has 0 aromatic heterocycles. The van der Waals surface area contributed by atoms with Crippen LogP contribution in [0.2, 0.25) is 0 Å². The second-order valence-corrected chi connectivity index (χ2v) is 7.26. The Kier molecular flexibility index (Phi) is 8.01. The van der Waals surface area contributed by atoms with Gasteiger partial charge in [0.2, 0.25) is 5.91 Å². The molecular formula is C18H31N3O4. The number of rotatable bonds is 7. The van der Waals surface area contributed by atoms with E-state index in [-0.39, 0.29) is 24.3 Å². The molecule has 0 radical (unpaired) electrons. The Hall–Kier alpha value is -1.79. The highest BCUT2D eigenvalue weighted by Crippen LogP contribution is 2.21. The molecule has 2 rings (SSSR count). The first-order valence-electron chi connectivity index (χ1n) is 9.58. The number of piperidine rings is 1. The number of carboxylic acid groups (broad SMARTS) is 1. The number of nitrogens with zero attached hydrogens (tertiary/aromatic N) is 1. The van der Waals surface area contributed by atoms with Gasteiger partial charge in [-0.15, -0.1) is 0 Å². The number of likely N-dealkylation sites (tertiary alicyclic amines) is 1. The molecule has 1 saturated carbocycles. The quantitative estimate of drug-likeness (QED) is 0.611. The van der Waals surface area contributed by atoms with Crippen LogP contribution in [-0.4, -0.2) is 53.6 Å². The third-order valence-corrected chi connectivity index (χ3v) is 5.22. The molecule has 2 fully saturated rings. The summed E-state index contributed by atoms with van der Waals surface area (Å²) in [4.78, 5) is 36.5. The summed E-state index contributed by atoms with van der Waals surface area (Å²) in [5.74, 6) is -0.475. The van der Waals surface area contributed by atoms with Crippen LogP contribution in [-0.2, 0) is 9.59 Å². The number of carbonyl (C=O) groups is 3. The van der Waals surface area contributed by atoms with Crippen molar-refractivity contribution in [2.45, 2.75) is 70.3 Å². The van der Waals surface area contributed by atoms with Gasteiger partial charge in [-0.1, -0.05) is 19.3 Å². The topological polar surface area (TPSA) is 98.7 Å². The minimum absolute atomic E-state index is 0.100. The molecule has 1 aliphatic carbocycles. The molecule has 2 aliphatic rings. The lowest BCUT2D eigenvalue weighted by Crippen LogP contribution is -2.43. The molecule has 0 unspecified atom stereocenters. The summed E-state index contributed by atoms with van der Waals surface area (Å²) in [6.45, 7) is 1.79. The van der Waals surface area contributed by atoms with Crippen molar-refractivity contribution in [2.75, 3.05) is 19.6 Å². The smallest absolute Gasteiger partial charge is 0.315 e. The summed E-state index contributed by atoms with van der Waals surface area (Å²) in [5.41, 5.74) is 0. The van der Waals surface area contributed by atoms with Crippen LogP contribution < -0.4 is 10.6 Å². The molecular weight excluding hydrogens is 322 g/mol. The van der Waals surface area contributed by atoms with E-state index in [4.69, 9.17) is 5.11 Å². The summed E-state index contributed by atoms with van der Waals surface area (Å²) in [6, 6.07) is 0.163. The van der Waals surface area contributed by atoms with Gasteiger partial charge in [-0.3, -0.25) is 9.59 Å². The predicted octanol–water partition coefficient (Wildman–Crippen LogP) is 2.11. The Morgan fingerprint density at radius 2 is 1.68 bits per heavy atom. The Morgan fingerprint density at radius 3 is 2.32 bits per heavy atom. The number of urea groups is 1. The zero-order chi connectivity index (χ0) is 18.1. The van der Waals surface area contributed by atoms with Gasteiger partial charge in [-0.25, -0.2) is 4.79 Å². The van der Waals surface area contributed by atoms with E-state index < -0.39 is 5.97 Å². The minimum Gasteiger partial charge on any atom is -0.481 e. The van der Waals surface area contributed by atoms with E-state index in [2.05, 4.69) is 10.6 Å². The molecule has 0 aromatic rings. The summed E-state index contributed by atoms with van der Waals surface area (Å²) >= 11 is 0. The maximum absolute atomic E-state index is 12.2. The maximum atomic E-state index is 12.2. The number of carbonyl (C=O) groups excluding carboxylic acids is 2. The van der Waals surface area contributed by atoms with Gasteiger partial charge in [-0.05, 0) is 38.0 Å². The predicted molar refractivity (Wildman–Crippen MR) is 94.2 cm³/mol. The van der Waals surface area contributed by atoms with Crippen LogP contribution in [0.4, 0.5) is 4.79 Å². The highest BCUT2D eigenvalue weighted by molar-refractivity contribution is 5.77. The van der Waals surface area contributed by atoms with Crippen molar-refractivity contribution in [3.63, 3.8) is 0 Å². The van der Waals surface area contributed by atoms with Gasteiger partial charge in [0.1, 0.15) is 0 Å². The van der Waals surface area contributed by atoms with Crippen LogP contribution >= 0.6 is 0 Å². The van der Waals surface area contributed by atoms with Crippen LogP contribution in [0.25, 0.3) is 0 Å². The van der Waals surface area contributed by atoms with Gasteiger partial charge in [0.15, 0.2) is 0 Å². The second-order valence-electron chi connectivity index (χ2n) is 7.26. The van der Waals surface area contributed by atoms with Gasteiger partial charge < -0.3 is 20.6 Å². The normalized spacial score (nSPS) is 19.4. The molecule has 0 aromatic carbocycles. The van der Waals surface area contributed by atoms with Crippen LogP contribution in [0.3, 0.4) is 0 Å². The van der Waals surface area contributed by atoms with Crippen LogP contribution in [0.1, 0.15) is 64.2 Å². The van der Waals surface area contributed by atoms with Crippen molar-refractivity contribution in [3.8, 4) is 0 Å². The molecule has 1 heterocycles. The average Bonchev–Trinajstić information content (AvgIpc) is 2.59. The third kappa shape index (κ3) is 7.32. The molecule has 0 spiro atoms. The van der Waals surface area contributed by atoms with Crippen molar-refractivity contribution >= 4 is 17.9 Å². The molecule has 1 saturated heterocycles. The van der Waals surface area contributed by atoms with E-state index in [9.17, 15) is 14.4 Å². The molecule has 0 atom stereocenters. The number of hydrogen-bond donors (Lipinski definition) is 3. The Morgan fingerprint density at radius 1 is 1.00 bits per heavy atom. The highest BCUT2D eigenvalue weighted by atomic mass is 16.4. The number of nitrogens with one attached hydrogen (secondary N) is 2. The monoisotopic (exact) mass is 353 g/mol. The fourth-order valence-corrected chi connectivity index (χ4v) is 3.72. The average molecular weight is 353 g/mol. The standard InChI is InChI=1S/C18H31N3O4/c22-16(21-11-8-14(9-12-21)13-17(23)24)7-4-10-19-18(25)20-15-5-2-1-3-6-15/h14-15H,1-13H2,(H,23,24)(H2,19,20,25). The minimum atomic E-state index is -0.762. The molecule has 3 N–H and O–H groups in total. The summed E-state index contributed by atoms with van der Waals surface area (Å²) in [6.07, 6.45) is 8.52. The van der Waals surface area contributed by atoms with Crippen molar-refractivity contribution < 1.29 is 19.5 Å². The summed E-state index contributed by atoms with van der Waals surface area (Å²) in [5, 5.41) is 14.6. The van der Waals surface area contributed by atoms with Crippen molar-refractivity contribution in [1.82, 2.24) is 15.5 Å². The number of hydrogen-bond acceptors (Lipinski definition) is 3. The summed E-state index contributed by atoms with van der Waals surface area (Å²) in [7, 11) is 0. The first-order chi connectivity index (χ1) is 12.0.